The zero-order valence-corrected chi connectivity index (χ0v) is 25.2. The molecule has 1 atom stereocenters. The lowest BCUT2D eigenvalue weighted by Gasteiger charge is -2.41. The number of hydrogen-bond acceptors (Lipinski definition) is 10. The highest BCUT2D eigenvalue weighted by atomic mass is 32.2. The van der Waals surface area contributed by atoms with Crippen molar-refractivity contribution in [2.45, 2.75) is 49.6 Å². The van der Waals surface area contributed by atoms with E-state index in [1.165, 1.54) is 43.1 Å². The molecule has 226 valence electrons. The number of rotatable bonds is 6. The van der Waals surface area contributed by atoms with E-state index in [1.807, 2.05) is 0 Å². The quantitative estimate of drug-likeness (QED) is 0.401. The summed E-state index contributed by atoms with van der Waals surface area (Å²) in [7, 11) is 0.292. The van der Waals surface area contributed by atoms with Crippen LogP contribution < -0.4 is 15.2 Å². The van der Waals surface area contributed by atoms with E-state index >= 15 is 0 Å². The number of fused-ring (bicyclic) bond motifs is 1. The summed E-state index contributed by atoms with van der Waals surface area (Å²) >= 11 is 0.598. The molecule has 42 heavy (non-hydrogen) atoms. The molecule has 1 saturated heterocycles. The van der Waals surface area contributed by atoms with Gasteiger partial charge in [0.25, 0.3) is 12.0 Å². The first-order chi connectivity index (χ1) is 19.6. The largest absolute Gasteiger partial charge is 0.367 e. The maximum absolute atomic E-state index is 13.6. The van der Waals surface area contributed by atoms with E-state index in [0.29, 0.717) is 24.2 Å². The molecule has 1 saturated carbocycles. The number of benzene rings is 1. The van der Waals surface area contributed by atoms with Gasteiger partial charge in [0.15, 0.2) is 10.0 Å². The molecule has 1 N–H and O–H groups in total. The summed E-state index contributed by atoms with van der Waals surface area (Å²) in [5.41, 5.74) is -0.824. The summed E-state index contributed by atoms with van der Waals surface area (Å²) in [6.45, 7) is 4.06. The van der Waals surface area contributed by atoms with Crippen molar-refractivity contribution in [2.24, 2.45) is 7.05 Å². The Morgan fingerprint density at radius 3 is 2.45 bits per heavy atom. The van der Waals surface area contributed by atoms with Gasteiger partial charge in [0, 0.05) is 57.7 Å². The highest BCUT2D eigenvalue weighted by Crippen LogP contribution is 2.39. The van der Waals surface area contributed by atoms with Crippen LogP contribution in [0.3, 0.4) is 0 Å². The van der Waals surface area contributed by atoms with Gasteiger partial charge < -0.3 is 14.7 Å². The molecule has 0 spiro atoms. The van der Waals surface area contributed by atoms with Gasteiger partial charge in [-0.25, -0.2) is 26.6 Å². The van der Waals surface area contributed by atoms with Gasteiger partial charge in [-0.2, -0.15) is 5.10 Å². The van der Waals surface area contributed by atoms with Crippen molar-refractivity contribution in [3.05, 3.63) is 27.5 Å². The van der Waals surface area contributed by atoms with Crippen molar-refractivity contribution in [2.75, 3.05) is 38.6 Å². The number of aromatic nitrogens is 4. The van der Waals surface area contributed by atoms with Gasteiger partial charge in [-0.15, -0.1) is 10.2 Å². The molecule has 17 heteroatoms. The van der Waals surface area contributed by atoms with Gasteiger partial charge >= 0.3 is 11.8 Å². The molecule has 1 unspecified atom stereocenters. The second-order valence-electron chi connectivity index (χ2n) is 11.0. The van der Waals surface area contributed by atoms with Gasteiger partial charge in [0.2, 0.25) is 10.0 Å². The number of aryl methyl sites for hydroxylation is 1. The number of hydrogen-bond donors (Lipinski definition) is 1. The van der Waals surface area contributed by atoms with E-state index in [0.717, 1.165) is 4.68 Å². The van der Waals surface area contributed by atoms with Crippen LogP contribution in [0.4, 0.5) is 14.5 Å². The normalized spacial score (nSPS) is 18.5. The van der Waals surface area contributed by atoms with Gasteiger partial charge in [-0.05, 0) is 38.8 Å². The summed E-state index contributed by atoms with van der Waals surface area (Å²) in [5.74, 6) is -1.33. The summed E-state index contributed by atoms with van der Waals surface area (Å²) in [6, 6.07) is 2.25. The third kappa shape index (κ3) is 5.47. The monoisotopic (exact) mass is 624 g/mol. The number of piperazine rings is 1. The fourth-order valence-corrected chi connectivity index (χ4v) is 7.08. The number of nitrogens with one attached hydrogen (secondary N) is 1. The van der Waals surface area contributed by atoms with Crippen molar-refractivity contribution in [1.29, 1.82) is 0 Å². The molecule has 2 fully saturated rings. The van der Waals surface area contributed by atoms with Crippen molar-refractivity contribution in [3.8, 4) is 10.7 Å². The molecule has 0 bridgehead atoms. The molecule has 1 aliphatic heterocycles. The Balaban J connectivity index is 1.67. The second-order valence-corrected chi connectivity index (χ2v) is 13.7. The highest BCUT2D eigenvalue weighted by Gasteiger charge is 2.42. The predicted octanol–water partition coefficient (Wildman–Crippen LogP) is 1.35. The Bertz CT molecular complexity index is 1750. The lowest BCUT2D eigenvalue weighted by molar-refractivity contribution is -0.151. The van der Waals surface area contributed by atoms with Crippen molar-refractivity contribution in [1.82, 2.24) is 34.5 Å². The Hall–Kier alpha value is -3.57. The molecule has 0 radical (unpaired) electrons. The van der Waals surface area contributed by atoms with Crippen molar-refractivity contribution >= 4 is 49.6 Å². The minimum Gasteiger partial charge on any atom is -0.367 e. The Morgan fingerprint density at radius 1 is 1.19 bits per heavy atom. The van der Waals surface area contributed by atoms with E-state index in [1.54, 1.807) is 18.7 Å². The van der Waals surface area contributed by atoms with E-state index in [2.05, 4.69) is 20.0 Å². The summed E-state index contributed by atoms with van der Waals surface area (Å²) < 4.78 is 57.6. The van der Waals surface area contributed by atoms with Crippen molar-refractivity contribution < 1.29 is 26.8 Å². The molecule has 2 amide bonds. The second kappa shape index (κ2) is 10.6. The van der Waals surface area contributed by atoms with Gasteiger partial charge in [0.1, 0.15) is 5.69 Å². The van der Waals surface area contributed by atoms with Crippen LogP contribution in [0.5, 0.6) is 0 Å². The number of alkyl halides is 2. The fraction of sp³-hybridized carbons (Fsp3) is 0.520. The van der Waals surface area contributed by atoms with Crippen LogP contribution in [-0.4, -0.2) is 95.3 Å². The molecule has 1 aliphatic carbocycles. The first kappa shape index (κ1) is 29.9. The van der Waals surface area contributed by atoms with E-state index in [4.69, 9.17) is 0 Å². The maximum atomic E-state index is 13.6. The first-order valence-electron chi connectivity index (χ1n) is 13.1. The topological polar surface area (TPSA) is 151 Å². The van der Waals surface area contributed by atoms with Crippen LogP contribution in [-0.2, 0) is 26.7 Å². The van der Waals surface area contributed by atoms with Crippen LogP contribution in [0.15, 0.2) is 21.8 Å². The molecule has 2 aliphatic rings. The number of carbonyl (C=O) groups excluding carboxylic acids is 2. The molecule has 5 rings (SSSR count). The molecule has 2 aromatic heterocycles. The Kier molecular flexibility index (Phi) is 7.55. The predicted molar refractivity (Wildman–Crippen MR) is 151 cm³/mol. The molecule has 1 aromatic carbocycles. The van der Waals surface area contributed by atoms with Crippen LogP contribution in [0.25, 0.3) is 21.5 Å². The average molecular weight is 625 g/mol. The fourth-order valence-electron chi connectivity index (χ4n) is 4.87. The van der Waals surface area contributed by atoms with Crippen LogP contribution in [0.1, 0.15) is 38.1 Å². The standard InChI is InChI=1S/C25H30F2N8O5S2/c1-13-12-34(8-9-35(13)24(38)23(37)32(3)4)16-11-14(42(39,40)31-25(2)6-7-25)10-15-17(16)22(36)33(5)30-18(15)20-28-29-21(41-20)19(26)27/h10-11,13,19,31H,6-9,12H2,1-5H3. The minimum atomic E-state index is -4.08. The van der Waals surface area contributed by atoms with Crippen LogP contribution in [0, 0.1) is 0 Å². The number of anilines is 1. The van der Waals surface area contributed by atoms with E-state index in [9.17, 15) is 31.6 Å². The smallest absolute Gasteiger partial charge is 0.312 e. The zero-order valence-electron chi connectivity index (χ0n) is 23.6. The van der Waals surface area contributed by atoms with Crippen molar-refractivity contribution in [3.63, 3.8) is 0 Å². The number of sulfonamides is 1. The number of carbonyl (C=O) groups is 2. The van der Waals surface area contributed by atoms with E-state index < -0.39 is 50.4 Å². The number of halogens is 2. The van der Waals surface area contributed by atoms with Crippen LogP contribution in [0.2, 0.25) is 0 Å². The van der Waals surface area contributed by atoms with Gasteiger partial charge in [-0.3, -0.25) is 14.4 Å². The number of likely N-dealkylation sites (N-methyl/N-ethyl adjacent to an activating group) is 1. The van der Waals surface area contributed by atoms with E-state index in [-0.39, 0.29) is 51.7 Å². The highest BCUT2D eigenvalue weighted by molar-refractivity contribution is 7.89. The van der Waals surface area contributed by atoms with Gasteiger partial charge in [-0.1, -0.05) is 11.3 Å². The molecular weight excluding hydrogens is 594 g/mol. The SMILES string of the molecule is CC1CN(c2cc(S(=O)(=O)NC3(C)CC3)cc3c(-c4nnc(C(F)F)s4)nn(C)c(=O)c23)CCN1C(=O)C(=O)N(C)C. The zero-order chi connectivity index (χ0) is 30.7. The van der Waals surface area contributed by atoms with Crippen LogP contribution >= 0.6 is 11.3 Å². The number of nitrogens with zero attached hydrogens (tertiary/aromatic N) is 7. The summed E-state index contributed by atoms with van der Waals surface area (Å²) in [6.07, 6.45) is -1.54. The third-order valence-electron chi connectivity index (χ3n) is 7.44. The van der Waals surface area contributed by atoms with Gasteiger partial charge in [0.05, 0.1) is 16.0 Å². The molecule has 3 heterocycles. The minimum absolute atomic E-state index is 0.000469. The third-order valence-corrected chi connectivity index (χ3v) is 10.00. The molecule has 3 aromatic rings. The maximum Gasteiger partial charge on any atom is 0.312 e. The summed E-state index contributed by atoms with van der Waals surface area (Å²) in [5, 5.41) is 11.3. The number of amides is 2. The molecular formula is C25H30F2N8O5S2. The Labute approximate surface area is 244 Å². The summed E-state index contributed by atoms with van der Waals surface area (Å²) in [4.78, 5) is 42.9. The lowest BCUT2D eigenvalue weighted by atomic mass is 10.1. The lowest BCUT2D eigenvalue weighted by Crippen LogP contribution is -2.57. The Morgan fingerprint density at radius 2 is 1.88 bits per heavy atom. The average Bonchev–Trinajstić information content (AvgIpc) is 3.42. The first-order valence-corrected chi connectivity index (χ1v) is 15.4. The molecule has 13 nitrogen and oxygen atoms in total.